The highest BCUT2D eigenvalue weighted by atomic mass is 35.5. The number of para-hydroxylation sites is 1. The smallest absolute Gasteiger partial charge is 0.287 e. The number of benzene rings is 1. The maximum absolute atomic E-state index is 12.6. The van der Waals surface area contributed by atoms with E-state index in [1.807, 2.05) is 0 Å². The molecule has 5 heteroatoms. The Morgan fingerprint density at radius 1 is 1.19 bits per heavy atom. The van der Waals surface area contributed by atoms with Gasteiger partial charge in [-0.15, -0.1) is 11.6 Å². The fourth-order valence-corrected chi connectivity index (χ4v) is 6.83. The van der Waals surface area contributed by atoms with E-state index < -0.39 is 0 Å². The second-order valence-corrected chi connectivity index (χ2v) is 9.57. The van der Waals surface area contributed by atoms with Crippen LogP contribution in [0.5, 0.6) is 0 Å². The first-order valence-electron chi connectivity index (χ1n) is 9.44. The molecule has 4 saturated carbocycles. The molecular weight excluding hydrogens is 350 g/mol. The summed E-state index contributed by atoms with van der Waals surface area (Å²) in [4.78, 5) is 24.8. The van der Waals surface area contributed by atoms with Crippen LogP contribution in [0.2, 0.25) is 0 Å². The van der Waals surface area contributed by atoms with Crippen LogP contribution in [0.25, 0.3) is 11.0 Å². The minimum atomic E-state index is -0.313. The van der Waals surface area contributed by atoms with Crippen LogP contribution >= 0.6 is 11.6 Å². The van der Waals surface area contributed by atoms with E-state index in [0.717, 1.165) is 32.1 Å². The van der Waals surface area contributed by atoms with Gasteiger partial charge >= 0.3 is 0 Å². The molecule has 0 saturated heterocycles. The molecular formula is C21H22ClNO3. The number of amides is 1. The molecule has 4 fully saturated rings. The molecule has 0 spiro atoms. The minimum Gasteiger partial charge on any atom is -0.451 e. The first kappa shape index (κ1) is 16.4. The van der Waals surface area contributed by atoms with E-state index in [0.29, 0.717) is 29.3 Å². The summed E-state index contributed by atoms with van der Waals surface area (Å²) in [5.41, 5.74) is 0.365. The molecule has 136 valence electrons. The molecule has 26 heavy (non-hydrogen) atoms. The van der Waals surface area contributed by atoms with Crippen LogP contribution < -0.4 is 10.7 Å². The molecule has 1 aromatic heterocycles. The zero-order chi connectivity index (χ0) is 17.9. The Hall–Kier alpha value is -1.81. The third-order valence-electron chi connectivity index (χ3n) is 6.59. The number of carbonyl (C=O) groups excluding carboxylic acids is 1. The summed E-state index contributed by atoms with van der Waals surface area (Å²) in [7, 11) is 0. The Kier molecular flexibility index (Phi) is 3.52. The second kappa shape index (κ2) is 5.59. The second-order valence-electron chi connectivity index (χ2n) is 8.77. The van der Waals surface area contributed by atoms with Crippen molar-refractivity contribution in [3.05, 3.63) is 46.3 Å². The lowest BCUT2D eigenvalue weighted by Crippen LogP contribution is -2.56. The van der Waals surface area contributed by atoms with Crippen LogP contribution in [0, 0.1) is 17.3 Å². The zero-order valence-electron chi connectivity index (χ0n) is 14.6. The largest absolute Gasteiger partial charge is 0.451 e. The highest BCUT2D eigenvalue weighted by Crippen LogP contribution is 2.63. The molecule has 6 rings (SSSR count). The maximum atomic E-state index is 12.6. The number of nitrogens with one attached hydrogen (secondary N) is 1. The number of hydrogen-bond acceptors (Lipinski definition) is 3. The summed E-state index contributed by atoms with van der Waals surface area (Å²) >= 11 is 6.87. The number of rotatable bonds is 3. The Balaban J connectivity index is 1.36. The van der Waals surface area contributed by atoms with E-state index in [9.17, 15) is 9.59 Å². The third-order valence-corrected chi connectivity index (χ3v) is 7.04. The average molecular weight is 372 g/mol. The molecule has 1 aromatic carbocycles. The van der Waals surface area contributed by atoms with Crippen molar-refractivity contribution in [1.29, 1.82) is 0 Å². The van der Waals surface area contributed by atoms with Crippen LogP contribution in [0.1, 0.15) is 49.1 Å². The average Bonchev–Trinajstić information content (AvgIpc) is 2.57. The van der Waals surface area contributed by atoms with Gasteiger partial charge in [0.15, 0.2) is 11.2 Å². The van der Waals surface area contributed by atoms with Gasteiger partial charge in [-0.05, 0) is 67.9 Å². The monoisotopic (exact) mass is 371 g/mol. The first-order valence-corrected chi connectivity index (χ1v) is 9.82. The summed E-state index contributed by atoms with van der Waals surface area (Å²) in [5, 5.41) is 3.53. The Bertz CT molecular complexity index is 936. The molecule has 4 nitrogen and oxygen atoms in total. The molecule has 2 atom stereocenters. The summed E-state index contributed by atoms with van der Waals surface area (Å²) in [6.45, 7) is 0.615. The topological polar surface area (TPSA) is 59.3 Å². The molecule has 2 aromatic rings. The van der Waals surface area contributed by atoms with Gasteiger partial charge in [0.05, 0.1) is 5.39 Å². The summed E-state index contributed by atoms with van der Waals surface area (Å²) in [6.07, 6.45) is 6.83. The van der Waals surface area contributed by atoms with Crippen molar-refractivity contribution in [3.63, 3.8) is 0 Å². The highest BCUT2D eigenvalue weighted by Gasteiger charge is 2.56. The van der Waals surface area contributed by atoms with Gasteiger partial charge in [-0.25, -0.2) is 0 Å². The first-order chi connectivity index (χ1) is 12.4. The predicted octanol–water partition coefficient (Wildman–Crippen LogP) is 4.10. The number of carbonyl (C=O) groups is 1. The van der Waals surface area contributed by atoms with Crippen molar-refractivity contribution in [1.82, 2.24) is 5.32 Å². The van der Waals surface area contributed by atoms with E-state index in [2.05, 4.69) is 5.32 Å². The normalized spacial score (nSPS) is 35.0. The van der Waals surface area contributed by atoms with Crippen LogP contribution in [0.3, 0.4) is 0 Å². The Morgan fingerprint density at radius 2 is 1.92 bits per heavy atom. The maximum Gasteiger partial charge on any atom is 0.287 e. The van der Waals surface area contributed by atoms with E-state index in [-0.39, 0.29) is 27.4 Å². The summed E-state index contributed by atoms with van der Waals surface area (Å²) < 4.78 is 5.66. The van der Waals surface area contributed by atoms with Crippen LogP contribution in [0.15, 0.2) is 39.5 Å². The van der Waals surface area contributed by atoms with E-state index in [1.54, 1.807) is 24.3 Å². The number of hydrogen-bond donors (Lipinski definition) is 1. The van der Waals surface area contributed by atoms with Gasteiger partial charge in [-0.1, -0.05) is 12.1 Å². The molecule has 1 amide bonds. The van der Waals surface area contributed by atoms with Gasteiger partial charge in [-0.2, -0.15) is 0 Å². The van der Waals surface area contributed by atoms with Crippen LogP contribution in [-0.4, -0.2) is 17.3 Å². The van der Waals surface area contributed by atoms with Gasteiger partial charge in [0.2, 0.25) is 0 Å². The Labute approximate surface area is 156 Å². The van der Waals surface area contributed by atoms with E-state index in [1.165, 1.54) is 12.5 Å². The summed E-state index contributed by atoms with van der Waals surface area (Å²) in [5.74, 6) is 1.17. The molecule has 4 bridgehead atoms. The van der Waals surface area contributed by atoms with Gasteiger partial charge < -0.3 is 9.73 Å². The van der Waals surface area contributed by atoms with Crippen molar-refractivity contribution in [2.45, 2.75) is 43.4 Å². The molecule has 1 N–H and O–H groups in total. The zero-order valence-corrected chi connectivity index (χ0v) is 15.3. The van der Waals surface area contributed by atoms with Crippen LogP contribution in [-0.2, 0) is 0 Å². The molecule has 1 heterocycles. The number of halogens is 1. The lowest BCUT2D eigenvalue weighted by atomic mass is 9.49. The number of fused-ring (bicyclic) bond motifs is 1. The quantitative estimate of drug-likeness (QED) is 0.826. The van der Waals surface area contributed by atoms with Gasteiger partial charge in [0, 0.05) is 17.5 Å². The van der Waals surface area contributed by atoms with Crippen molar-refractivity contribution >= 4 is 28.5 Å². The highest BCUT2D eigenvalue weighted by molar-refractivity contribution is 6.24. The van der Waals surface area contributed by atoms with Gasteiger partial charge in [0.25, 0.3) is 5.91 Å². The van der Waals surface area contributed by atoms with E-state index >= 15 is 0 Å². The molecule has 4 aliphatic carbocycles. The lowest BCUT2D eigenvalue weighted by Gasteiger charge is -2.60. The van der Waals surface area contributed by atoms with Crippen molar-refractivity contribution < 1.29 is 9.21 Å². The molecule has 4 aliphatic rings. The van der Waals surface area contributed by atoms with Crippen molar-refractivity contribution in [2.75, 3.05) is 6.54 Å². The van der Waals surface area contributed by atoms with Gasteiger partial charge in [0.1, 0.15) is 5.58 Å². The molecule has 0 aliphatic heterocycles. The minimum absolute atomic E-state index is 0.0652. The fraction of sp³-hybridized carbons (Fsp3) is 0.524. The van der Waals surface area contributed by atoms with Crippen molar-refractivity contribution in [2.24, 2.45) is 17.3 Å². The Morgan fingerprint density at radius 3 is 2.65 bits per heavy atom. The predicted molar refractivity (Wildman–Crippen MR) is 101 cm³/mol. The molecule has 2 unspecified atom stereocenters. The SMILES string of the molecule is O=C(NCC12CC3CC(CC(Cl)(C3)C1)C2)c1cc(=O)c2ccccc2o1. The third kappa shape index (κ3) is 2.66. The number of alkyl halides is 1. The summed E-state index contributed by atoms with van der Waals surface area (Å²) in [6, 6.07) is 8.29. The fourth-order valence-electron chi connectivity index (χ4n) is 6.11. The van der Waals surface area contributed by atoms with Gasteiger partial charge in [-0.3, -0.25) is 9.59 Å². The van der Waals surface area contributed by atoms with E-state index in [4.69, 9.17) is 16.0 Å². The van der Waals surface area contributed by atoms with Crippen LogP contribution in [0.4, 0.5) is 0 Å². The standard InChI is InChI=1S/C21H22ClNO3/c22-21-9-13-5-14(10-21)8-20(7-13,11-21)12-23-19(25)18-6-16(24)15-3-1-2-4-17(15)26-18/h1-4,6,13-14H,5,7-12H2,(H,23,25). The molecule has 0 radical (unpaired) electrons. The lowest BCUT2D eigenvalue weighted by molar-refractivity contribution is -0.0380. The van der Waals surface area contributed by atoms with Crippen molar-refractivity contribution in [3.8, 4) is 0 Å².